The van der Waals surface area contributed by atoms with E-state index >= 15 is 0 Å². The molecule has 0 bridgehead atoms. The Balaban J connectivity index is 1.29. The zero-order valence-electron chi connectivity index (χ0n) is 17.3. The molecule has 4 rings (SSSR count). The number of amides is 1. The quantitative estimate of drug-likeness (QED) is 0.846. The Bertz CT molecular complexity index is 789. The maximum atomic E-state index is 13.1. The highest BCUT2D eigenvalue weighted by Crippen LogP contribution is 2.32. The number of nitrogens with one attached hydrogen (secondary N) is 1. The number of aromatic nitrogens is 2. The van der Waals surface area contributed by atoms with Crippen molar-refractivity contribution >= 4 is 11.7 Å². The van der Waals surface area contributed by atoms with Gasteiger partial charge in [-0.2, -0.15) is 5.10 Å². The van der Waals surface area contributed by atoms with Gasteiger partial charge in [-0.1, -0.05) is 37.3 Å². The molecular weight excluding hydrogens is 362 g/mol. The van der Waals surface area contributed by atoms with Gasteiger partial charge in [0.25, 0.3) is 0 Å². The molecule has 0 saturated carbocycles. The van der Waals surface area contributed by atoms with Crippen molar-refractivity contribution in [1.82, 2.24) is 20.4 Å². The first-order chi connectivity index (χ1) is 14.1. The lowest BCUT2D eigenvalue weighted by molar-refractivity contribution is -0.133. The minimum atomic E-state index is -0.276. The second-order valence-electron chi connectivity index (χ2n) is 8.66. The molecule has 1 amide bonds. The van der Waals surface area contributed by atoms with E-state index in [1.165, 1.54) is 5.56 Å². The molecule has 6 heteroatoms. The fraction of sp³-hybridized carbons (Fsp3) is 0.522. The third kappa shape index (κ3) is 4.93. The molecule has 2 aliphatic rings. The Kier molecular flexibility index (Phi) is 6.09. The Morgan fingerprint density at radius 3 is 2.66 bits per heavy atom. The fourth-order valence-electron chi connectivity index (χ4n) is 4.40. The van der Waals surface area contributed by atoms with E-state index in [2.05, 4.69) is 62.6 Å². The summed E-state index contributed by atoms with van der Waals surface area (Å²) >= 11 is 0. The van der Waals surface area contributed by atoms with Crippen LogP contribution in [0.2, 0.25) is 0 Å². The molecule has 1 atom stereocenters. The number of carbonyl (C=O) groups is 1. The molecule has 1 unspecified atom stereocenters. The number of carbonyl (C=O) groups excluding carboxylic acids is 1. The SMILES string of the molecule is CC1(C(=O)NC2CCCN(c3cccnn3)C2)CCN(Cc2ccccc2)CC1. The molecule has 29 heavy (non-hydrogen) atoms. The minimum Gasteiger partial charge on any atom is -0.353 e. The van der Waals surface area contributed by atoms with Gasteiger partial charge in [0.05, 0.1) is 0 Å². The summed E-state index contributed by atoms with van der Waals surface area (Å²) in [7, 11) is 0. The van der Waals surface area contributed by atoms with Crippen molar-refractivity contribution < 1.29 is 4.79 Å². The molecule has 2 aromatic rings. The first-order valence-electron chi connectivity index (χ1n) is 10.7. The summed E-state index contributed by atoms with van der Waals surface area (Å²) in [6.45, 7) is 6.81. The Hall–Kier alpha value is -2.47. The molecule has 154 valence electrons. The number of rotatable bonds is 5. The third-order valence-electron chi connectivity index (χ3n) is 6.40. The summed E-state index contributed by atoms with van der Waals surface area (Å²) in [6.07, 6.45) is 5.60. The van der Waals surface area contributed by atoms with E-state index < -0.39 is 0 Å². The molecule has 6 nitrogen and oxygen atoms in total. The van der Waals surface area contributed by atoms with Crippen LogP contribution in [0.25, 0.3) is 0 Å². The van der Waals surface area contributed by atoms with Gasteiger partial charge in [-0.25, -0.2) is 0 Å². The normalized spacial score (nSPS) is 22.2. The van der Waals surface area contributed by atoms with Crippen LogP contribution in [0, 0.1) is 5.41 Å². The lowest BCUT2D eigenvalue weighted by Gasteiger charge is -2.40. The lowest BCUT2D eigenvalue weighted by Crippen LogP contribution is -2.53. The summed E-state index contributed by atoms with van der Waals surface area (Å²) in [5.74, 6) is 1.11. The number of hydrogen-bond donors (Lipinski definition) is 1. The van der Waals surface area contributed by atoms with Crippen LogP contribution in [0.3, 0.4) is 0 Å². The van der Waals surface area contributed by atoms with E-state index in [4.69, 9.17) is 0 Å². The van der Waals surface area contributed by atoms with Crippen LogP contribution >= 0.6 is 0 Å². The van der Waals surface area contributed by atoms with Gasteiger partial charge in [0.2, 0.25) is 5.91 Å². The Morgan fingerprint density at radius 1 is 1.14 bits per heavy atom. The molecule has 2 saturated heterocycles. The highest BCUT2D eigenvalue weighted by atomic mass is 16.2. The molecule has 1 aromatic heterocycles. The number of piperidine rings is 2. The van der Waals surface area contributed by atoms with E-state index in [1.807, 2.05) is 12.1 Å². The highest BCUT2D eigenvalue weighted by Gasteiger charge is 2.38. The Morgan fingerprint density at radius 2 is 1.93 bits per heavy atom. The standard InChI is InChI=1S/C23H31N5O/c1-23(11-15-27(16-12-23)17-19-7-3-2-4-8-19)22(29)25-20-9-6-14-28(18-20)21-10-5-13-24-26-21/h2-5,7-8,10,13,20H,6,9,11-12,14-18H2,1H3,(H,25,29). The first-order valence-corrected chi connectivity index (χ1v) is 10.7. The topological polar surface area (TPSA) is 61.4 Å². The molecular formula is C23H31N5O. The molecule has 1 N–H and O–H groups in total. The van der Waals surface area contributed by atoms with Crippen molar-refractivity contribution in [3.8, 4) is 0 Å². The highest BCUT2D eigenvalue weighted by molar-refractivity contribution is 5.82. The van der Waals surface area contributed by atoms with Gasteiger partial charge in [-0.15, -0.1) is 5.10 Å². The summed E-state index contributed by atoms with van der Waals surface area (Å²) in [5.41, 5.74) is 1.06. The van der Waals surface area contributed by atoms with Gasteiger partial charge in [0.15, 0.2) is 5.82 Å². The average molecular weight is 394 g/mol. The van der Waals surface area contributed by atoms with Crippen molar-refractivity contribution in [3.05, 3.63) is 54.2 Å². The van der Waals surface area contributed by atoms with Crippen molar-refractivity contribution in [2.24, 2.45) is 5.41 Å². The van der Waals surface area contributed by atoms with Gasteiger partial charge in [-0.05, 0) is 56.5 Å². The Labute approximate surface area is 173 Å². The zero-order chi connectivity index (χ0) is 20.1. The molecule has 0 radical (unpaired) electrons. The summed E-state index contributed by atoms with van der Waals surface area (Å²) < 4.78 is 0. The third-order valence-corrected chi connectivity index (χ3v) is 6.40. The van der Waals surface area contributed by atoms with Crippen molar-refractivity contribution in [2.75, 3.05) is 31.1 Å². The van der Waals surface area contributed by atoms with E-state index in [-0.39, 0.29) is 17.4 Å². The lowest BCUT2D eigenvalue weighted by atomic mass is 9.79. The van der Waals surface area contributed by atoms with Gasteiger partial charge in [-0.3, -0.25) is 9.69 Å². The van der Waals surface area contributed by atoms with Crippen molar-refractivity contribution in [1.29, 1.82) is 0 Å². The summed E-state index contributed by atoms with van der Waals surface area (Å²) in [4.78, 5) is 17.8. The minimum absolute atomic E-state index is 0.178. The number of benzene rings is 1. The van der Waals surface area contributed by atoms with Crippen LogP contribution in [0.5, 0.6) is 0 Å². The van der Waals surface area contributed by atoms with Gasteiger partial charge < -0.3 is 10.2 Å². The molecule has 2 fully saturated rings. The monoisotopic (exact) mass is 393 g/mol. The molecule has 0 aliphatic carbocycles. The van der Waals surface area contributed by atoms with Gasteiger partial charge in [0, 0.05) is 37.3 Å². The zero-order valence-corrected chi connectivity index (χ0v) is 17.3. The van der Waals surface area contributed by atoms with Gasteiger partial charge in [0.1, 0.15) is 0 Å². The van der Waals surface area contributed by atoms with E-state index in [9.17, 15) is 4.79 Å². The fourth-order valence-corrected chi connectivity index (χ4v) is 4.40. The van der Waals surface area contributed by atoms with E-state index in [0.29, 0.717) is 0 Å². The largest absolute Gasteiger partial charge is 0.353 e. The molecule has 3 heterocycles. The maximum Gasteiger partial charge on any atom is 0.226 e. The van der Waals surface area contributed by atoms with Crippen LogP contribution in [0.1, 0.15) is 38.2 Å². The number of anilines is 1. The van der Waals surface area contributed by atoms with Crippen molar-refractivity contribution in [2.45, 2.75) is 45.2 Å². The van der Waals surface area contributed by atoms with Crippen molar-refractivity contribution in [3.63, 3.8) is 0 Å². The average Bonchev–Trinajstić information content (AvgIpc) is 2.77. The van der Waals surface area contributed by atoms with Crippen LogP contribution in [0.4, 0.5) is 5.82 Å². The first kappa shape index (κ1) is 19.8. The molecule has 2 aliphatic heterocycles. The second-order valence-corrected chi connectivity index (χ2v) is 8.66. The van der Waals surface area contributed by atoms with Crippen LogP contribution < -0.4 is 10.2 Å². The smallest absolute Gasteiger partial charge is 0.226 e. The predicted molar refractivity (Wildman–Crippen MR) is 114 cm³/mol. The number of nitrogens with zero attached hydrogens (tertiary/aromatic N) is 4. The molecule has 0 spiro atoms. The van der Waals surface area contributed by atoms with Gasteiger partial charge >= 0.3 is 0 Å². The summed E-state index contributed by atoms with van der Waals surface area (Å²) in [6, 6.07) is 14.7. The number of hydrogen-bond acceptors (Lipinski definition) is 5. The molecule has 1 aromatic carbocycles. The summed E-state index contributed by atoms with van der Waals surface area (Å²) in [5, 5.41) is 11.5. The van der Waals surface area contributed by atoms with Crippen LogP contribution in [-0.4, -0.2) is 53.2 Å². The van der Waals surface area contributed by atoms with Crippen LogP contribution in [-0.2, 0) is 11.3 Å². The van der Waals surface area contributed by atoms with E-state index in [0.717, 1.165) is 64.2 Å². The maximum absolute atomic E-state index is 13.1. The second kappa shape index (κ2) is 8.91. The predicted octanol–water partition coefficient (Wildman–Crippen LogP) is 2.86. The van der Waals surface area contributed by atoms with Crippen LogP contribution in [0.15, 0.2) is 48.7 Å². The number of likely N-dealkylation sites (tertiary alicyclic amines) is 1. The van der Waals surface area contributed by atoms with E-state index in [1.54, 1.807) is 6.20 Å².